The van der Waals surface area contributed by atoms with Gasteiger partial charge in [0.2, 0.25) is 0 Å². The van der Waals surface area contributed by atoms with Crippen molar-refractivity contribution in [3.8, 4) is 0 Å². The van der Waals surface area contributed by atoms with Gasteiger partial charge in [-0.1, -0.05) is 27.7 Å². The van der Waals surface area contributed by atoms with Gasteiger partial charge in [0.1, 0.15) is 5.82 Å². The van der Waals surface area contributed by atoms with E-state index in [1.54, 1.807) is 12.4 Å². The van der Waals surface area contributed by atoms with Gasteiger partial charge in [-0.25, -0.2) is 9.99 Å². The number of nitrogen functional groups attached to an aromatic ring is 1. The minimum absolute atomic E-state index is 0.190. The summed E-state index contributed by atoms with van der Waals surface area (Å²) in [6.07, 6.45) is 3.56. The Balaban J connectivity index is 2.14. The lowest BCUT2D eigenvalue weighted by molar-refractivity contribution is 0.238. The zero-order valence-corrected chi connectivity index (χ0v) is 13.2. The van der Waals surface area contributed by atoms with Crippen LogP contribution in [-0.2, 0) is 6.54 Å². The second-order valence-electron chi connectivity index (χ2n) is 6.82. The van der Waals surface area contributed by atoms with Crippen LogP contribution >= 0.6 is 0 Å². The predicted molar refractivity (Wildman–Crippen MR) is 86.8 cm³/mol. The molecule has 1 aliphatic heterocycles. The highest BCUT2D eigenvalue weighted by Crippen LogP contribution is 2.38. The van der Waals surface area contributed by atoms with E-state index in [4.69, 9.17) is 10.7 Å². The minimum atomic E-state index is 0.190. The van der Waals surface area contributed by atoms with Gasteiger partial charge in [-0.15, -0.1) is 0 Å². The highest BCUT2D eigenvalue weighted by Gasteiger charge is 2.32. The van der Waals surface area contributed by atoms with Gasteiger partial charge in [-0.3, -0.25) is 9.99 Å². The summed E-state index contributed by atoms with van der Waals surface area (Å²) >= 11 is 0. The van der Waals surface area contributed by atoms with Crippen LogP contribution in [0, 0.1) is 5.41 Å². The van der Waals surface area contributed by atoms with Crippen LogP contribution in [0.25, 0.3) is 10.9 Å². The van der Waals surface area contributed by atoms with E-state index in [1.807, 2.05) is 6.07 Å². The molecule has 0 spiro atoms. The number of aromatic nitrogens is 2. The molecular weight excluding hydrogens is 262 g/mol. The van der Waals surface area contributed by atoms with E-state index in [1.165, 1.54) is 0 Å². The van der Waals surface area contributed by atoms with Crippen molar-refractivity contribution in [1.29, 1.82) is 0 Å². The van der Waals surface area contributed by atoms with Gasteiger partial charge in [0.25, 0.3) is 0 Å². The van der Waals surface area contributed by atoms with Crippen LogP contribution in [0.15, 0.2) is 18.5 Å². The summed E-state index contributed by atoms with van der Waals surface area (Å²) in [5, 5.41) is 5.58. The monoisotopic (exact) mass is 285 g/mol. The van der Waals surface area contributed by atoms with Gasteiger partial charge >= 0.3 is 0 Å². The number of hydrogen-bond donors (Lipinski definition) is 1. The molecule has 0 fully saturated rings. The molecule has 0 saturated heterocycles. The first-order chi connectivity index (χ1) is 9.90. The molecule has 2 N–H and O–H groups in total. The fourth-order valence-electron chi connectivity index (χ4n) is 2.85. The Kier molecular flexibility index (Phi) is 3.24. The minimum Gasteiger partial charge on any atom is -0.398 e. The van der Waals surface area contributed by atoms with Crippen molar-refractivity contribution in [2.75, 3.05) is 23.8 Å². The summed E-state index contributed by atoms with van der Waals surface area (Å²) in [4.78, 5) is 8.99. The zero-order valence-electron chi connectivity index (χ0n) is 13.2. The summed E-state index contributed by atoms with van der Waals surface area (Å²) in [6.45, 7) is 11.6. The summed E-state index contributed by atoms with van der Waals surface area (Å²) in [5.74, 6) is 0.991. The molecule has 21 heavy (non-hydrogen) atoms. The van der Waals surface area contributed by atoms with Crippen LogP contribution in [0.5, 0.6) is 0 Å². The van der Waals surface area contributed by atoms with E-state index >= 15 is 0 Å². The molecule has 0 atom stereocenters. The van der Waals surface area contributed by atoms with E-state index in [9.17, 15) is 0 Å². The summed E-state index contributed by atoms with van der Waals surface area (Å²) < 4.78 is 0. The maximum Gasteiger partial charge on any atom is 0.150 e. The van der Waals surface area contributed by atoms with Gasteiger partial charge in [0, 0.05) is 42.5 Å². The second-order valence-corrected chi connectivity index (χ2v) is 6.82. The molecular formula is C16H23N5. The molecule has 0 radical (unpaired) electrons. The molecule has 0 aromatic carbocycles. The number of rotatable bonds is 2. The lowest BCUT2D eigenvalue weighted by atomic mass is 9.96. The number of anilines is 2. The SMILES string of the molecule is CCN1Cc2c(nc3cnccc3c2N)N1CC(C)(C)C. The molecule has 0 unspecified atom stereocenters. The molecule has 3 heterocycles. The first-order valence-corrected chi connectivity index (χ1v) is 7.45. The lowest BCUT2D eigenvalue weighted by Crippen LogP contribution is -2.42. The van der Waals surface area contributed by atoms with Crippen molar-refractivity contribution in [2.24, 2.45) is 5.41 Å². The van der Waals surface area contributed by atoms with Gasteiger partial charge in [-0.2, -0.15) is 0 Å². The Bertz CT molecular complexity index is 674. The molecule has 0 amide bonds. The molecule has 112 valence electrons. The quantitative estimate of drug-likeness (QED) is 0.919. The summed E-state index contributed by atoms with van der Waals surface area (Å²) in [7, 11) is 0. The van der Waals surface area contributed by atoms with E-state index in [0.717, 1.165) is 47.6 Å². The first-order valence-electron chi connectivity index (χ1n) is 7.45. The van der Waals surface area contributed by atoms with E-state index < -0.39 is 0 Å². The number of fused-ring (bicyclic) bond motifs is 2. The number of hydrazine groups is 1. The maximum atomic E-state index is 6.39. The Morgan fingerprint density at radius 1 is 1.33 bits per heavy atom. The van der Waals surface area contributed by atoms with Gasteiger partial charge in [0.15, 0.2) is 0 Å². The fourth-order valence-corrected chi connectivity index (χ4v) is 2.85. The molecule has 0 saturated carbocycles. The smallest absolute Gasteiger partial charge is 0.150 e. The molecule has 5 nitrogen and oxygen atoms in total. The van der Waals surface area contributed by atoms with Crippen LogP contribution in [0.2, 0.25) is 0 Å². The van der Waals surface area contributed by atoms with Gasteiger partial charge in [0.05, 0.1) is 11.7 Å². The Hall–Kier alpha value is -1.88. The van der Waals surface area contributed by atoms with Gasteiger partial charge < -0.3 is 5.73 Å². The molecule has 3 rings (SSSR count). The maximum absolute atomic E-state index is 6.39. The Labute approximate surface area is 125 Å². The second kappa shape index (κ2) is 4.84. The molecule has 0 aliphatic carbocycles. The predicted octanol–water partition coefficient (Wildman–Crippen LogP) is 2.82. The fraction of sp³-hybridized carbons (Fsp3) is 0.500. The van der Waals surface area contributed by atoms with Crippen LogP contribution in [0.1, 0.15) is 33.3 Å². The zero-order chi connectivity index (χ0) is 15.2. The van der Waals surface area contributed by atoms with Crippen LogP contribution in [0.4, 0.5) is 11.5 Å². The third-order valence-corrected chi connectivity index (χ3v) is 3.83. The van der Waals surface area contributed by atoms with Crippen LogP contribution in [-0.4, -0.2) is 28.1 Å². The van der Waals surface area contributed by atoms with Crippen LogP contribution < -0.4 is 10.7 Å². The number of nitrogens with two attached hydrogens (primary N) is 1. The number of nitrogens with zero attached hydrogens (tertiary/aromatic N) is 4. The molecule has 2 aromatic heterocycles. The van der Waals surface area contributed by atoms with E-state index in [2.05, 4.69) is 42.7 Å². The highest BCUT2D eigenvalue weighted by molar-refractivity contribution is 5.94. The molecule has 1 aliphatic rings. The first kappa shape index (κ1) is 14.1. The van der Waals surface area contributed by atoms with Crippen molar-refractivity contribution in [1.82, 2.24) is 15.0 Å². The normalized spacial score (nSPS) is 15.7. The van der Waals surface area contributed by atoms with Crippen molar-refractivity contribution in [2.45, 2.75) is 34.2 Å². The average Bonchev–Trinajstić information content (AvgIpc) is 2.76. The molecule has 0 bridgehead atoms. The lowest BCUT2D eigenvalue weighted by Gasteiger charge is -2.34. The number of pyridine rings is 2. The number of hydrogen-bond acceptors (Lipinski definition) is 5. The van der Waals surface area contributed by atoms with E-state index in [0.29, 0.717) is 0 Å². The summed E-state index contributed by atoms with van der Waals surface area (Å²) in [6, 6.07) is 1.95. The molecule has 2 aromatic rings. The Morgan fingerprint density at radius 3 is 2.76 bits per heavy atom. The third kappa shape index (κ3) is 2.42. The van der Waals surface area contributed by atoms with Crippen LogP contribution in [0.3, 0.4) is 0 Å². The van der Waals surface area contributed by atoms with Gasteiger partial charge in [-0.05, 0) is 11.5 Å². The van der Waals surface area contributed by atoms with Crippen molar-refractivity contribution in [3.63, 3.8) is 0 Å². The van der Waals surface area contributed by atoms with Crippen molar-refractivity contribution in [3.05, 3.63) is 24.0 Å². The standard InChI is InChI=1S/C16H23N5/c1-5-20-9-12-14(17)11-6-7-18-8-13(11)19-15(12)21(20)10-16(2,3)4/h6-8H,5,9-10H2,1-4H3,(H2,17,19). The van der Waals surface area contributed by atoms with Crippen molar-refractivity contribution < 1.29 is 0 Å². The topological polar surface area (TPSA) is 58.3 Å². The highest BCUT2D eigenvalue weighted by atomic mass is 15.7. The largest absolute Gasteiger partial charge is 0.398 e. The van der Waals surface area contributed by atoms with Crippen molar-refractivity contribution >= 4 is 22.4 Å². The van der Waals surface area contributed by atoms with E-state index in [-0.39, 0.29) is 5.41 Å². The summed E-state index contributed by atoms with van der Waals surface area (Å²) in [5.41, 5.74) is 9.43. The third-order valence-electron chi connectivity index (χ3n) is 3.83. The Morgan fingerprint density at radius 2 is 2.10 bits per heavy atom. The average molecular weight is 285 g/mol. The molecule has 5 heteroatoms.